The van der Waals surface area contributed by atoms with E-state index in [0.29, 0.717) is 0 Å². The van der Waals surface area contributed by atoms with Gasteiger partial charge in [0.25, 0.3) is 0 Å². The summed E-state index contributed by atoms with van der Waals surface area (Å²) in [6, 6.07) is 15.5. The van der Waals surface area contributed by atoms with Crippen molar-refractivity contribution >= 4 is 0 Å². The quantitative estimate of drug-likeness (QED) is 0.421. The highest BCUT2D eigenvalue weighted by Crippen LogP contribution is 2.29. The van der Waals surface area contributed by atoms with Crippen molar-refractivity contribution in [1.29, 1.82) is 0 Å². The minimum absolute atomic E-state index is 0.719. The molecule has 0 aromatic heterocycles. The molecule has 2 aromatic rings. The van der Waals surface area contributed by atoms with Gasteiger partial charge in [-0.2, -0.15) is 0 Å². The standard InChI is InChI=1S/C25H37N3.C2H6/c1-19-7-10-22(11-8-19)15-27-16-23-5-4-6-24(14-23)17-28(26)18-25-12-9-20(2)21(3)13-25;1-2/h7-13,23-24,27H,4-6,14-18,26H2,1-3H3;1-2H3. The van der Waals surface area contributed by atoms with E-state index in [4.69, 9.17) is 5.84 Å². The van der Waals surface area contributed by atoms with Gasteiger partial charge < -0.3 is 5.32 Å². The zero-order chi connectivity index (χ0) is 21.9. The molecule has 1 aliphatic carbocycles. The molecule has 0 spiro atoms. The third kappa shape index (κ3) is 8.22. The topological polar surface area (TPSA) is 41.3 Å². The van der Waals surface area contributed by atoms with Gasteiger partial charge >= 0.3 is 0 Å². The SMILES string of the molecule is CC.Cc1ccc(CNCC2CCCC(CN(N)Cc3ccc(C)c(C)c3)C2)cc1. The van der Waals surface area contributed by atoms with Crippen LogP contribution in [0.2, 0.25) is 0 Å². The molecule has 30 heavy (non-hydrogen) atoms. The summed E-state index contributed by atoms with van der Waals surface area (Å²) in [5.74, 6) is 7.87. The first-order chi connectivity index (χ1) is 14.5. The van der Waals surface area contributed by atoms with Crippen LogP contribution in [-0.2, 0) is 13.1 Å². The summed E-state index contributed by atoms with van der Waals surface area (Å²) in [6.07, 6.45) is 5.29. The van der Waals surface area contributed by atoms with Crippen LogP contribution in [-0.4, -0.2) is 18.1 Å². The lowest BCUT2D eigenvalue weighted by molar-refractivity contribution is 0.169. The molecule has 3 nitrogen and oxygen atoms in total. The normalized spacial score (nSPS) is 18.8. The molecule has 166 valence electrons. The van der Waals surface area contributed by atoms with Crippen LogP contribution in [0.1, 0.15) is 67.3 Å². The highest BCUT2D eigenvalue weighted by atomic mass is 15.4. The van der Waals surface area contributed by atoms with E-state index in [9.17, 15) is 0 Å². The monoisotopic (exact) mass is 409 g/mol. The Bertz CT molecular complexity index is 738. The highest BCUT2D eigenvalue weighted by molar-refractivity contribution is 5.29. The summed E-state index contributed by atoms with van der Waals surface area (Å²) in [7, 11) is 0. The Hall–Kier alpha value is -1.68. The molecule has 3 heteroatoms. The molecule has 2 atom stereocenters. The summed E-state index contributed by atoms with van der Waals surface area (Å²) < 4.78 is 0. The van der Waals surface area contributed by atoms with Crippen LogP contribution >= 0.6 is 0 Å². The van der Waals surface area contributed by atoms with Crippen LogP contribution < -0.4 is 11.2 Å². The van der Waals surface area contributed by atoms with Gasteiger partial charge in [0.15, 0.2) is 0 Å². The van der Waals surface area contributed by atoms with Crippen molar-refractivity contribution < 1.29 is 0 Å². The van der Waals surface area contributed by atoms with E-state index in [-0.39, 0.29) is 0 Å². The summed E-state index contributed by atoms with van der Waals surface area (Å²) in [5, 5.41) is 5.70. The van der Waals surface area contributed by atoms with Crippen molar-refractivity contribution in [3.63, 3.8) is 0 Å². The maximum absolute atomic E-state index is 6.38. The van der Waals surface area contributed by atoms with E-state index in [1.807, 2.05) is 18.9 Å². The fourth-order valence-electron chi connectivity index (χ4n) is 4.41. The minimum atomic E-state index is 0.719. The number of hydrogen-bond acceptors (Lipinski definition) is 3. The van der Waals surface area contributed by atoms with Crippen molar-refractivity contribution in [3.05, 3.63) is 70.3 Å². The zero-order valence-electron chi connectivity index (χ0n) is 19.9. The van der Waals surface area contributed by atoms with Crippen LogP contribution in [0.4, 0.5) is 0 Å². The van der Waals surface area contributed by atoms with E-state index in [0.717, 1.165) is 38.0 Å². The molecule has 1 fully saturated rings. The molecule has 0 saturated heterocycles. The lowest BCUT2D eigenvalue weighted by Gasteiger charge is -2.32. The van der Waals surface area contributed by atoms with Crippen molar-refractivity contribution in [1.82, 2.24) is 10.3 Å². The molecule has 0 radical (unpaired) electrons. The first-order valence-electron chi connectivity index (χ1n) is 11.8. The molecule has 0 heterocycles. The number of benzene rings is 2. The summed E-state index contributed by atoms with van der Waals surface area (Å²) in [6.45, 7) is 14.4. The number of nitrogens with two attached hydrogens (primary N) is 1. The zero-order valence-corrected chi connectivity index (χ0v) is 19.9. The molecular weight excluding hydrogens is 366 g/mol. The third-order valence-corrected chi connectivity index (χ3v) is 6.22. The van der Waals surface area contributed by atoms with Crippen LogP contribution in [0, 0.1) is 32.6 Å². The number of hydrogen-bond donors (Lipinski definition) is 2. The van der Waals surface area contributed by atoms with E-state index >= 15 is 0 Å². The Morgan fingerprint density at radius 1 is 0.900 bits per heavy atom. The van der Waals surface area contributed by atoms with Gasteiger partial charge in [0.1, 0.15) is 0 Å². The second-order valence-corrected chi connectivity index (χ2v) is 8.86. The van der Waals surface area contributed by atoms with Gasteiger partial charge in [0.2, 0.25) is 0 Å². The molecular formula is C27H43N3. The molecule has 3 rings (SSSR count). The number of hydrazine groups is 1. The van der Waals surface area contributed by atoms with Crippen molar-refractivity contribution in [2.45, 2.75) is 73.4 Å². The summed E-state index contributed by atoms with van der Waals surface area (Å²) in [4.78, 5) is 0. The Labute approximate surface area is 185 Å². The fraction of sp³-hybridized carbons (Fsp3) is 0.556. The van der Waals surface area contributed by atoms with Gasteiger partial charge in [-0.1, -0.05) is 68.3 Å². The molecule has 0 amide bonds. The number of rotatable bonds is 8. The second kappa shape index (κ2) is 12.9. The second-order valence-electron chi connectivity index (χ2n) is 8.86. The van der Waals surface area contributed by atoms with Crippen LogP contribution in [0.15, 0.2) is 42.5 Å². The van der Waals surface area contributed by atoms with Gasteiger partial charge in [-0.25, -0.2) is 5.01 Å². The molecule has 1 saturated carbocycles. The molecule has 3 N–H and O–H groups in total. The molecule has 2 aromatic carbocycles. The van der Waals surface area contributed by atoms with Gasteiger partial charge in [-0.3, -0.25) is 5.84 Å². The molecule has 0 bridgehead atoms. The van der Waals surface area contributed by atoms with Crippen molar-refractivity contribution in [2.24, 2.45) is 17.7 Å². The predicted octanol–water partition coefficient (Wildman–Crippen LogP) is 5.91. The highest BCUT2D eigenvalue weighted by Gasteiger charge is 2.23. The van der Waals surface area contributed by atoms with Gasteiger partial charge in [-0.05, 0) is 80.7 Å². The smallest absolute Gasteiger partial charge is 0.0379 e. The Balaban J connectivity index is 0.00000155. The summed E-state index contributed by atoms with van der Waals surface area (Å²) >= 11 is 0. The van der Waals surface area contributed by atoms with E-state index in [1.165, 1.54) is 53.5 Å². The van der Waals surface area contributed by atoms with Crippen LogP contribution in [0.5, 0.6) is 0 Å². The minimum Gasteiger partial charge on any atom is -0.312 e. The van der Waals surface area contributed by atoms with E-state index < -0.39 is 0 Å². The first-order valence-corrected chi connectivity index (χ1v) is 11.8. The Kier molecular flexibility index (Phi) is 10.6. The van der Waals surface area contributed by atoms with Crippen molar-refractivity contribution in [2.75, 3.05) is 13.1 Å². The average molecular weight is 410 g/mol. The number of nitrogens with zero attached hydrogens (tertiary/aromatic N) is 1. The average Bonchev–Trinajstić information content (AvgIpc) is 2.74. The van der Waals surface area contributed by atoms with Gasteiger partial charge in [-0.15, -0.1) is 0 Å². The van der Waals surface area contributed by atoms with Crippen LogP contribution in [0.3, 0.4) is 0 Å². The largest absolute Gasteiger partial charge is 0.312 e. The van der Waals surface area contributed by atoms with Gasteiger partial charge in [0, 0.05) is 19.6 Å². The van der Waals surface area contributed by atoms with Crippen LogP contribution in [0.25, 0.3) is 0 Å². The molecule has 1 aliphatic rings. The Morgan fingerprint density at radius 2 is 1.57 bits per heavy atom. The maximum atomic E-state index is 6.38. The van der Waals surface area contributed by atoms with Gasteiger partial charge in [0.05, 0.1) is 0 Å². The Morgan fingerprint density at radius 3 is 2.27 bits per heavy atom. The lowest BCUT2D eigenvalue weighted by atomic mass is 9.81. The fourth-order valence-corrected chi connectivity index (χ4v) is 4.41. The maximum Gasteiger partial charge on any atom is 0.0379 e. The number of aryl methyl sites for hydroxylation is 3. The number of nitrogens with one attached hydrogen (secondary N) is 1. The molecule has 0 aliphatic heterocycles. The van der Waals surface area contributed by atoms with E-state index in [1.54, 1.807) is 0 Å². The lowest BCUT2D eigenvalue weighted by Crippen LogP contribution is -2.38. The first kappa shape index (κ1) is 24.6. The molecule has 2 unspecified atom stereocenters. The summed E-state index contributed by atoms with van der Waals surface area (Å²) in [5.41, 5.74) is 6.71. The van der Waals surface area contributed by atoms with E-state index in [2.05, 4.69) is 68.6 Å². The predicted molar refractivity (Wildman–Crippen MR) is 130 cm³/mol. The third-order valence-electron chi connectivity index (χ3n) is 6.22. The van der Waals surface area contributed by atoms with Crippen molar-refractivity contribution in [3.8, 4) is 0 Å².